The largest absolute Gasteiger partial charge is 0.366 e. The Kier molecular flexibility index (Phi) is 5.28. The summed E-state index contributed by atoms with van der Waals surface area (Å²) < 4.78 is 0. The molecule has 3 aromatic rings. The Hall–Kier alpha value is -3.24. The van der Waals surface area contributed by atoms with Crippen molar-refractivity contribution in [1.82, 2.24) is 19.9 Å². The van der Waals surface area contributed by atoms with Crippen molar-refractivity contribution in [1.29, 1.82) is 5.26 Å². The first-order chi connectivity index (χ1) is 14.1. The van der Waals surface area contributed by atoms with Crippen molar-refractivity contribution < 1.29 is 0 Å². The summed E-state index contributed by atoms with van der Waals surface area (Å²) in [6.07, 6.45) is 6.02. The van der Waals surface area contributed by atoms with Gasteiger partial charge in [0.2, 0.25) is 0 Å². The second-order valence-electron chi connectivity index (χ2n) is 6.80. The molecule has 4 rings (SSSR count). The molecule has 0 atom stereocenters. The summed E-state index contributed by atoms with van der Waals surface area (Å²) in [5, 5.41) is 10.1. The lowest BCUT2D eigenvalue weighted by molar-refractivity contribution is 0.701. The summed E-state index contributed by atoms with van der Waals surface area (Å²) in [4.78, 5) is 22.0. The van der Waals surface area contributed by atoms with Gasteiger partial charge in [-0.15, -0.1) is 0 Å². The van der Waals surface area contributed by atoms with Crippen molar-refractivity contribution in [2.45, 2.75) is 26.8 Å². The van der Waals surface area contributed by atoms with Crippen molar-refractivity contribution in [3.05, 3.63) is 64.6 Å². The van der Waals surface area contributed by atoms with Crippen LogP contribution in [0.2, 0.25) is 5.02 Å². The summed E-state index contributed by atoms with van der Waals surface area (Å²) in [5.74, 6) is 1.58. The average Bonchev–Trinajstić information content (AvgIpc) is 2.75. The maximum atomic E-state index is 9.54. The Balaban J connectivity index is 1.73. The standard InChI is InChI=1S/C21H20ClN7/c1-3-29(17-10-24-14(2)25-11-17)21-18-12-28(7-6-19(18)26-13-27-21)20-5-4-16(22)8-15(20)9-23/h4-5,8,10-11,13H,3,6-7,12H2,1-2H3. The Morgan fingerprint density at radius 1 is 1.21 bits per heavy atom. The molecule has 1 aromatic carbocycles. The monoisotopic (exact) mass is 405 g/mol. The molecule has 0 unspecified atom stereocenters. The number of nitrogens with zero attached hydrogens (tertiary/aromatic N) is 7. The van der Waals surface area contributed by atoms with Crippen LogP contribution >= 0.6 is 11.6 Å². The van der Waals surface area contributed by atoms with Crippen LogP contribution in [-0.4, -0.2) is 33.0 Å². The van der Waals surface area contributed by atoms with Gasteiger partial charge in [0.05, 0.1) is 35.0 Å². The minimum atomic E-state index is 0.559. The molecule has 0 amide bonds. The molecule has 0 bridgehead atoms. The molecule has 3 heterocycles. The topological polar surface area (TPSA) is 81.8 Å². The molecule has 0 aliphatic carbocycles. The summed E-state index contributed by atoms with van der Waals surface area (Å²) >= 11 is 6.07. The van der Waals surface area contributed by atoms with Crippen molar-refractivity contribution in [3.63, 3.8) is 0 Å². The van der Waals surface area contributed by atoms with E-state index in [1.165, 1.54) is 0 Å². The molecule has 8 heteroatoms. The van der Waals surface area contributed by atoms with Crippen molar-refractivity contribution in [2.24, 2.45) is 0 Å². The van der Waals surface area contributed by atoms with Crippen LogP contribution < -0.4 is 9.80 Å². The molecule has 0 fully saturated rings. The highest BCUT2D eigenvalue weighted by Gasteiger charge is 2.25. The number of hydrogen-bond acceptors (Lipinski definition) is 7. The van der Waals surface area contributed by atoms with Crippen molar-refractivity contribution in [3.8, 4) is 6.07 Å². The maximum absolute atomic E-state index is 9.54. The molecular formula is C21H20ClN7. The highest BCUT2D eigenvalue weighted by atomic mass is 35.5. The highest BCUT2D eigenvalue weighted by molar-refractivity contribution is 6.30. The molecule has 2 aromatic heterocycles. The fraction of sp³-hybridized carbons (Fsp3) is 0.286. The quantitative estimate of drug-likeness (QED) is 0.652. The first kappa shape index (κ1) is 19.1. The Labute approximate surface area is 174 Å². The molecule has 0 saturated carbocycles. The summed E-state index contributed by atoms with van der Waals surface area (Å²) in [6.45, 7) is 6.05. The van der Waals surface area contributed by atoms with Crippen molar-refractivity contribution >= 4 is 28.8 Å². The smallest absolute Gasteiger partial charge is 0.141 e. The van der Waals surface area contributed by atoms with Gasteiger partial charge in [-0.25, -0.2) is 19.9 Å². The molecule has 1 aliphatic heterocycles. The number of aryl methyl sites for hydroxylation is 1. The normalized spacial score (nSPS) is 13.0. The molecule has 146 valence electrons. The third-order valence-electron chi connectivity index (χ3n) is 5.05. The number of benzene rings is 1. The third kappa shape index (κ3) is 3.71. The van der Waals surface area contributed by atoms with E-state index in [1.54, 1.807) is 12.4 Å². The van der Waals surface area contributed by atoms with E-state index < -0.39 is 0 Å². The Bertz CT molecular complexity index is 1080. The lowest BCUT2D eigenvalue weighted by Crippen LogP contribution is -2.33. The van der Waals surface area contributed by atoms with E-state index in [2.05, 4.69) is 42.7 Å². The zero-order valence-electron chi connectivity index (χ0n) is 16.3. The zero-order chi connectivity index (χ0) is 20.4. The van der Waals surface area contributed by atoms with Gasteiger partial charge in [-0.1, -0.05) is 11.6 Å². The van der Waals surface area contributed by atoms with E-state index in [1.807, 2.05) is 31.5 Å². The van der Waals surface area contributed by atoms with Crippen LogP contribution in [0.25, 0.3) is 0 Å². The molecule has 7 nitrogen and oxygen atoms in total. The van der Waals surface area contributed by atoms with Crippen LogP contribution in [-0.2, 0) is 13.0 Å². The number of halogens is 1. The predicted molar refractivity (Wildman–Crippen MR) is 112 cm³/mol. The van der Waals surface area contributed by atoms with Gasteiger partial charge >= 0.3 is 0 Å². The van der Waals surface area contributed by atoms with Gasteiger partial charge in [0.25, 0.3) is 0 Å². The number of aromatic nitrogens is 4. The minimum Gasteiger partial charge on any atom is -0.366 e. The van der Waals surface area contributed by atoms with E-state index in [0.717, 1.165) is 53.8 Å². The fourth-order valence-electron chi connectivity index (χ4n) is 3.62. The molecule has 0 spiro atoms. The number of nitriles is 1. The third-order valence-corrected chi connectivity index (χ3v) is 5.29. The number of hydrogen-bond donors (Lipinski definition) is 0. The maximum Gasteiger partial charge on any atom is 0.141 e. The van der Waals surface area contributed by atoms with E-state index >= 15 is 0 Å². The highest BCUT2D eigenvalue weighted by Crippen LogP contribution is 2.33. The number of rotatable bonds is 4. The van der Waals surface area contributed by atoms with Gasteiger partial charge < -0.3 is 9.80 Å². The van der Waals surface area contributed by atoms with Crippen LogP contribution in [0.5, 0.6) is 0 Å². The first-order valence-electron chi connectivity index (χ1n) is 9.44. The average molecular weight is 406 g/mol. The molecule has 0 N–H and O–H groups in total. The van der Waals surface area contributed by atoms with E-state index in [-0.39, 0.29) is 0 Å². The summed E-state index contributed by atoms with van der Waals surface area (Å²) in [5.41, 5.74) is 4.42. The second-order valence-corrected chi connectivity index (χ2v) is 7.24. The minimum absolute atomic E-state index is 0.559. The second kappa shape index (κ2) is 8.02. The molecular weight excluding hydrogens is 386 g/mol. The van der Waals surface area contributed by atoms with Gasteiger partial charge in [0.15, 0.2) is 0 Å². The van der Waals surface area contributed by atoms with Crippen molar-refractivity contribution in [2.75, 3.05) is 22.9 Å². The molecule has 29 heavy (non-hydrogen) atoms. The van der Waals surface area contributed by atoms with E-state index in [9.17, 15) is 5.26 Å². The predicted octanol–water partition coefficient (Wildman–Crippen LogP) is 3.82. The van der Waals surface area contributed by atoms with Gasteiger partial charge in [-0.3, -0.25) is 0 Å². The SMILES string of the molecule is CCN(c1cnc(C)nc1)c1ncnc2c1CN(c1ccc(Cl)cc1C#N)CC2. The summed E-state index contributed by atoms with van der Waals surface area (Å²) in [6, 6.07) is 7.68. The Morgan fingerprint density at radius 2 is 2.00 bits per heavy atom. The molecule has 0 saturated heterocycles. The lowest BCUT2D eigenvalue weighted by Gasteiger charge is -2.33. The van der Waals surface area contributed by atoms with Crippen LogP contribution in [0, 0.1) is 18.3 Å². The van der Waals surface area contributed by atoms with Gasteiger partial charge in [0, 0.05) is 36.6 Å². The van der Waals surface area contributed by atoms with E-state index in [4.69, 9.17) is 11.6 Å². The fourth-order valence-corrected chi connectivity index (χ4v) is 3.79. The lowest BCUT2D eigenvalue weighted by atomic mass is 10.0. The van der Waals surface area contributed by atoms with Gasteiger partial charge in [-0.05, 0) is 32.0 Å². The Morgan fingerprint density at radius 3 is 2.72 bits per heavy atom. The van der Waals surface area contributed by atoms with Crippen LogP contribution in [0.1, 0.15) is 29.6 Å². The number of fused-ring (bicyclic) bond motifs is 1. The first-order valence-corrected chi connectivity index (χ1v) is 9.82. The van der Waals surface area contributed by atoms with Gasteiger partial charge in [0.1, 0.15) is 24.0 Å². The molecule has 1 aliphatic rings. The van der Waals surface area contributed by atoms with Crippen LogP contribution in [0.15, 0.2) is 36.9 Å². The van der Waals surface area contributed by atoms with Crippen LogP contribution in [0.3, 0.4) is 0 Å². The van der Waals surface area contributed by atoms with E-state index in [0.29, 0.717) is 17.1 Å². The number of anilines is 3. The van der Waals surface area contributed by atoms with Crippen LogP contribution in [0.4, 0.5) is 17.2 Å². The van der Waals surface area contributed by atoms with Gasteiger partial charge in [-0.2, -0.15) is 5.26 Å². The zero-order valence-corrected chi connectivity index (χ0v) is 17.1. The molecule has 0 radical (unpaired) electrons. The summed E-state index contributed by atoms with van der Waals surface area (Å²) in [7, 11) is 0.